The number of nitrogens with one attached hydrogen (secondary N) is 3. The molecular formula is C30H43N5O5. The van der Waals surface area contributed by atoms with Crippen LogP contribution >= 0.6 is 0 Å². The Morgan fingerprint density at radius 2 is 1.23 bits per heavy atom. The summed E-state index contributed by atoms with van der Waals surface area (Å²) in [5.74, 6) is -2.76. The van der Waals surface area contributed by atoms with Gasteiger partial charge in [-0.3, -0.25) is 14.4 Å². The van der Waals surface area contributed by atoms with Gasteiger partial charge in [-0.05, 0) is 55.7 Å². The number of hydrogen-bond acceptors (Lipinski definition) is 6. The molecule has 0 saturated heterocycles. The van der Waals surface area contributed by atoms with E-state index in [4.69, 9.17) is 11.5 Å². The first-order chi connectivity index (χ1) is 19.1. The summed E-state index contributed by atoms with van der Waals surface area (Å²) < 4.78 is 0. The van der Waals surface area contributed by atoms with E-state index >= 15 is 0 Å². The number of aliphatic carboxylic acids is 1. The third-order valence-corrected chi connectivity index (χ3v) is 6.45. The Morgan fingerprint density at radius 3 is 1.75 bits per heavy atom. The molecule has 0 aliphatic rings. The Bertz CT molecular complexity index is 1080. The molecule has 10 nitrogen and oxygen atoms in total. The van der Waals surface area contributed by atoms with E-state index in [-0.39, 0.29) is 25.2 Å². The highest BCUT2D eigenvalue weighted by molar-refractivity contribution is 5.94. The molecule has 4 atom stereocenters. The van der Waals surface area contributed by atoms with Crippen molar-refractivity contribution in [3.63, 3.8) is 0 Å². The van der Waals surface area contributed by atoms with E-state index in [1.807, 2.05) is 74.5 Å². The van der Waals surface area contributed by atoms with E-state index in [0.29, 0.717) is 25.8 Å². The zero-order valence-corrected chi connectivity index (χ0v) is 23.3. The quantitative estimate of drug-likeness (QED) is 0.161. The molecule has 0 aliphatic carbocycles. The second kappa shape index (κ2) is 17.0. The molecule has 0 radical (unpaired) electrons. The van der Waals surface area contributed by atoms with Crippen LogP contribution in [0.2, 0.25) is 0 Å². The molecule has 2 aromatic rings. The van der Waals surface area contributed by atoms with Crippen LogP contribution in [0.15, 0.2) is 60.7 Å². The maximum Gasteiger partial charge on any atom is 0.326 e. The first-order valence-corrected chi connectivity index (χ1v) is 13.8. The first-order valence-electron chi connectivity index (χ1n) is 13.8. The molecule has 2 rings (SSSR count). The van der Waals surface area contributed by atoms with Crippen LogP contribution < -0.4 is 27.4 Å². The van der Waals surface area contributed by atoms with Gasteiger partial charge in [0, 0.05) is 6.42 Å². The van der Waals surface area contributed by atoms with Gasteiger partial charge in [0.25, 0.3) is 0 Å². The zero-order valence-electron chi connectivity index (χ0n) is 23.3. The number of carboxylic acids is 1. The highest BCUT2D eigenvalue weighted by Crippen LogP contribution is 2.10. The van der Waals surface area contributed by atoms with Crippen LogP contribution in [0, 0.1) is 5.92 Å². The number of rotatable bonds is 17. The molecule has 0 aliphatic heterocycles. The van der Waals surface area contributed by atoms with Gasteiger partial charge in [-0.2, -0.15) is 0 Å². The minimum Gasteiger partial charge on any atom is -0.480 e. The lowest BCUT2D eigenvalue weighted by atomic mass is 10.00. The fraction of sp³-hybridized carbons (Fsp3) is 0.467. The SMILES string of the molecule is CC(C)C[C@@H](NC(=O)[C@H](Cc1ccccc1)NC(=O)[C@H](N)Cc1ccccc1)C(=O)N[C@H](CCCCN)C(=O)O. The van der Waals surface area contributed by atoms with Crippen molar-refractivity contribution in [3.8, 4) is 0 Å². The fourth-order valence-corrected chi connectivity index (χ4v) is 4.30. The Hall–Kier alpha value is -3.76. The van der Waals surface area contributed by atoms with Crippen molar-refractivity contribution in [2.75, 3.05) is 6.54 Å². The summed E-state index contributed by atoms with van der Waals surface area (Å²) >= 11 is 0. The predicted molar refractivity (Wildman–Crippen MR) is 154 cm³/mol. The summed E-state index contributed by atoms with van der Waals surface area (Å²) in [4.78, 5) is 51.4. The molecule has 0 spiro atoms. The van der Waals surface area contributed by atoms with E-state index in [2.05, 4.69) is 16.0 Å². The van der Waals surface area contributed by atoms with Crippen LogP contribution in [0.1, 0.15) is 50.7 Å². The van der Waals surface area contributed by atoms with Crippen molar-refractivity contribution in [2.24, 2.45) is 17.4 Å². The molecule has 218 valence electrons. The van der Waals surface area contributed by atoms with Gasteiger partial charge in [-0.1, -0.05) is 74.5 Å². The van der Waals surface area contributed by atoms with E-state index < -0.39 is 47.9 Å². The molecule has 0 fully saturated rings. The average Bonchev–Trinajstić information content (AvgIpc) is 2.92. The van der Waals surface area contributed by atoms with E-state index in [1.54, 1.807) is 0 Å². The van der Waals surface area contributed by atoms with Gasteiger partial charge < -0.3 is 32.5 Å². The predicted octanol–water partition coefficient (Wildman–Crippen LogP) is 1.51. The molecule has 40 heavy (non-hydrogen) atoms. The Labute approximate surface area is 236 Å². The first kappa shape index (κ1) is 32.5. The smallest absolute Gasteiger partial charge is 0.326 e. The third-order valence-electron chi connectivity index (χ3n) is 6.45. The minimum absolute atomic E-state index is 0.0260. The second-order valence-corrected chi connectivity index (χ2v) is 10.4. The van der Waals surface area contributed by atoms with Crippen LogP contribution in [-0.2, 0) is 32.0 Å². The summed E-state index contributed by atoms with van der Waals surface area (Å²) in [6, 6.07) is 14.6. The summed E-state index contributed by atoms with van der Waals surface area (Å²) in [6.45, 7) is 4.22. The van der Waals surface area contributed by atoms with Crippen molar-refractivity contribution in [3.05, 3.63) is 71.8 Å². The summed E-state index contributed by atoms with van der Waals surface area (Å²) in [5, 5.41) is 17.7. The van der Waals surface area contributed by atoms with Gasteiger partial charge in [-0.25, -0.2) is 4.79 Å². The fourth-order valence-electron chi connectivity index (χ4n) is 4.30. The number of benzene rings is 2. The lowest BCUT2D eigenvalue weighted by Gasteiger charge is -2.26. The van der Waals surface area contributed by atoms with Crippen molar-refractivity contribution >= 4 is 23.7 Å². The lowest BCUT2D eigenvalue weighted by Crippen LogP contribution is -2.58. The van der Waals surface area contributed by atoms with Crippen LogP contribution in [0.3, 0.4) is 0 Å². The lowest BCUT2D eigenvalue weighted by molar-refractivity contribution is -0.142. The second-order valence-electron chi connectivity index (χ2n) is 10.4. The molecule has 0 heterocycles. The van der Waals surface area contributed by atoms with Crippen LogP contribution in [0.4, 0.5) is 0 Å². The topological polar surface area (TPSA) is 177 Å². The number of carboxylic acid groups (broad SMARTS) is 1. The monoisotopic (exact) mass is 553 g/mol. The standard InChI is InChI=1S/C30H43N5O5/c1-20(2)17-25(28(37)33-24(30(39)40)15-9-10-16-31)35-29(38)26(19-22-13-7-4-8-14-22)34-27(36)23(32)18-21-11-5-3-6-12-21/h3-8,11-14,20,23-26H,9-10,15-19,31-32H2,1-2H3,(H,33,37)(H,34,36)(H,35,38)(H,39,40)/t23-,24-,25-,26+/m1/s1. The molecule has 3 amide bonds. The van der Waals surface area contributed by atoms with Crippen LogP contribution in [0.5, 0.6) is 0 Å². The highest BCUT2D eigenvalue weighted by Gasteiger charge is 2.31. The van der Waals surface area contributed by atoms with E-state index in [9.17, 15) is 24.3 Å². The number of unbranched alkanes of at least 4 members (excludes halogenated alkanes) is 1. The minimum atomic E-state index is -1.15. The molecular weight excluding hydrogens is 510 g/mol. The van der Waals surface area contributed by atoms with Gasteiger partial charge in [0.2, 0.25) is 17.7 Å². The Balaban J connectivity index is 2.18. The molecule has 0 unspecified atom stereocenters. The number of amides is 3. The number of hydrogen-bond donors (Lipinski definition) is 6. The van der Waals surface area contributed by atoms with Crippen molar-refractivity contribution in [1.29, 1.82) is 0 Å². The van der Waals surface area contributed by atoms with Crippen molar-refractivity contribution in [1.82, 2.24) is 16.0 Å². The van der Waals surface area contributed by atoms with Crippen molar-refractivity contribution in [2.45, 2.75) is 76.5 Å². The molecule has 8 N–H and O–H groups in total. The number of nitrogens with two attached hydrogens (primary N) is 2. The normalized spacial score (nSPS) is 14.0. The average molecular weight is 554 g/mol. The van der Waals surface area contributed by atoms with Gasteiger partial charge >= 0.3 is 5.97 Å². The van der Waals surface area contributed by atoms with Crippen LogP contribution in [0.25, 0.3) is 0 Å². The Kier molecular flexibility index (Phi) is 13.8. The Morgan fingerprint density at radius 1 is 0.725 bits per heavy atom. The molecule has 0 bridgehead atoms. The van der Waals surface area contributed by atoms with Gasteiger partial charge in [0.15, 0.2) is 0 Å². The van der Waals surface area contributed by atoms with Crippen LogP contribution in [-0.4, -0.2) is 59.5 Å². The molecule has 10 heteroatoms. The molecule has 2 aromatic carbocycles. The molecule has 0 saturated carbocycles. The van der Waals surface area contributed by atoms with Crippen molar-refractivity contribution < 1.29 is 24.3 Å². The summed E-state index contributed by atoms with van der Waals surface area (Å²) in [5.41, 5.74) is 13.4. The maximum absolute atomic E-state index is 13.5. The number of carbonyl (C=O) groups excluding carboxylic acids is 3. The van der Waals surface area contributed by atoms with Gasteiger partial charge in [0.1, 0.15) is 18.1 Å². The van der Waals surface area contributed by atoms with Gasteiger partial charge in [0.05, 0.1) is 6.04 Å². The third kappa shape index (κ3) is 11.5. The summed E-state index contributed by atoms with van der Waals surface area (Å²) in [6.07, 6.45) is 2.18. The largest absolute Gasteiger partial charge is 0.480 e. The van der Waals surface area contributed by atoms with E-state index in [1.165, 1.54) is 0 Å². The van der Waals surface area contributed by atoms with E-state index in [0.717, 1.165) is 11.1 Å². The zero-order chi connectivity index (χ0) is 29.5. The highest BCUT2D eigenvalue weighted by atomic mass is 16.4. The maximum atomic E-state index is 13.5. The molecule has 0 aromatic heterocycles. The summed E-state index contributed by atoms with van der Waals surface area (Å²) in [7, 11) is 0. The number of carbonyl (C=O) groups is 4. The van der Waals surface area contributed by atoms with Gasteiger partial charge in [-0.15, -0.1) is 0 Å².